The number of nitrogens with one attached hydrogen (secondary N) is 2. The molecule has 0 radical (unpaired) electrons. The van der Waals surface area contributed by atoms with E-state index in [9.17, 15) is 13.2 Å². The van der Waals surface area contributed by atoms with Crippen LogP contribution < -0.4 is 10.6 Å². The van der Waals surface area contributed by atoms with E-state index in [0.717, 1.165) is 43.0 Å². The molecule has 0 bridgehead atoms. The van der Waals surface area contributed by atoms with Gasteiger partial charge in [0.25, 0.3) is 0 Å². The van der Waals surface area contributed by atoms with Crippen molar-refractivity contribution in [2.45, 2.75) is 44.3 Å². The van der Waals surface area contributed by atoms with E-state index in [1.165, 1.54) is 12.1 Å². The fraction of sp³-hybridized carbons (Fsp3) is 0.350. The molecule has 26 heavy (non-hydrogen) atoms. The second kappa shape index (κ2) is 7.27. The molecule has 6 heteroatoms. The highest BCUT2D eigenvalue weighted by atomic mass is 32.1. The summed E-state index contributed by atoms with van der Waals surface area (Å²) in [6.45, 7) is 2.00. The lowest BCUT2D eigenvalue weighted by Gasteiger charge is -2.33. The molecule has 0 atom stereocenters. The van der Waals surface area contributed by atoms with E-state index in [1.807, 2.05) is 31.2 Å². The maximum Gasteiger partial charge on any atom is 0.416 e. The molecule has 2 aromatic carbocycles. The van der Waals surface area contributed by atoms with Gasteiger partial charge in [-0.25, -0.2) is 0 Å². The van der Waals surface area contributed by atoms with Crippen LogP contribution in [-0.2, 0) is 11.7 Å². The molecule has 138 valence electrons. The molecule has 0 amide bonds. The standard InChI is InChI=1S/C20H21F3N2S/c1-14-7-9-17(10-8-14)24-18(26)25-19(11-2-3-12-19)15-5-4-6-16(13-15)20(21,22)23/h4-10,13H,2-3,11-12H2,1H3,(H2,24,25,26). The van der Waals surface area contributed by atoms with Crippen LogP contribution in [0, 0.1) is 6.92 Å². The zero-order valence-corrected chi connectivity index (χ0v) is 15.3. The molecule has 0 unspecified atom stereocenters. The average Bonchev–Trinajstić information content (AvgIpc) is 3.06. The smallest absolute Gasteiger partial charge is 0.353 e. The Balaban J connectivity index is 1.82. The molecule has 0 aromatic heterocycles. The average molecular weight is 378 g/mol. The molecule has 3 rings (SSSR count). The second-order valence-corrected chi connectivity index (χ2v) is 7.22. The van der Waals surface area contributed by atoms with Gasteiger partial charge in [-0.15, -0.1) is 0 Å². The molecule has 0 saturated heterocycles. The number of thiocarbonyl (C=S) groups is 1. The molecule has 2 nitrogen and oxygen atoms in total. The number of alkyl halides is 3. The maximum atomic E-state index is 13.1. The van der Waals surface area contributed by atoms with Crippen molar-refractivity contribution in [3.8, 4) is 0 Å². The van der Waals surface area contributed by atoms with Crippen LogP contribution in [0.3, 0.4) is 0 Å². The Morgan fingerprint density at radius 1 is 1.04 bits per heavy atom. The summed E-state index contributed by atoms with van der Waals surface area (Å²) in [6, 6.07) is 13.4. The SMILES string of the molecule is Cc1ccc(NC(=S)NC2(c3cccc(C(F)(F)F)c3)CCCC2)cc1. The van der Waals surface area contributed by atoms with Crippen molar-refractivity contribution in [1.29, 1.82) is 0 Å². The monoisotopic (exact) mass is 378 g/mol. The molecular weight excluding hydrogens is 357 g/mol. The first-order valence-corrected chi connectivity index (χ1v) is 9.03. The van der Waals surface area contributed by atoms with E-state index in [-0.39, 0.29) is 0 Å². The van der Waals surface area contributed by atoms with E-state index in [2.05, 4.69) is 10.6 Å². The van der Waals surface area contributed by atoms with E-state index in [0.29, 0.717) is 10.7 Å². The fourth-order valence-electron chi connectivity index (χ4n) is 3.47. The Morgan fingerprint density at radius 3 is 2.31 bits per heavy atom. The zero-order valence-electron chi connectivity index (χ0n) is 14.5. The topological polar surface area (TPSA) is 24.1 Å². The van der Waals surface area contributed by atoms with Gasteiger partial charge in [0.15, 0.2) is 5.11 Å². The highest BCUT2D eigenvalue weighted by Crippen LogP contribution is 2.40. The summed E-state index contributed by atoms with van der Waals surface area (Å²) in [4.78, 5) is 0. The largest absolute Gasteiger partial charge is 0.416 e. The van der Waals surface area contributed by atoms with E-state index in [4.69, 9.17) is 12.2 Å². The van der Waals surface area contributed by atoms with Gasteiger partial charge < -0.3 is 10.6 Å². The van der Waals surface area contributed by atoms with Gasteiger partial charge >= 0.3 is 6.18 Å². The molecular formula is C20H21F3N2S. The van der Waals surface area contributed by atoms with Crippen molar-refractivity contribution in [1.82, 2.24) is 5.32 Å². The number of aryl methyl sites for hydroxylation is 1. The molecule has 1 saturated carbocycles. The second-order valence-electron chi connectivity index (χ2n) is 6.81. The summed E-state index contributed by atoms with van der Waals surface area (Å²) in [5.74, 6) is 0. The number of halogens is 3. The summed E-state index contributed by atoms with van der Waals surface area (Å²) in [7, 11) is 0. The van der Waals surface area contributed by atoms with Crippen LogP contribution in [0.5, 0.6) is 0 Å². The van der Waals surface area contributed by atoms with Crippen LogP contribution in [-0.4, -0.2) is 5.11 Å². The third kappa shape index (κ3) is 4.18. The first-order chi connectivity index (χ1) is 12.3. The molecule has 1 aliphatic rings. The van der Waals surface area contributed by atoms with Gasteiger partial charge in [-0.1, -0.05) is 42.7 Å². The van der Waals surface area contributed by atoms with Gasteiger partial charge in [-0.05, 0) is 61.8 Å². The quantitative estimate of drug-likeness (QED) is 0.663. The van der Waals surface area contributed by atoms with Gasteiger partial charge in [0.05, 0.1) is 11.1 Å². The summed E-state index contributed by atoms with van der Waals surface area (Å²) < 4.78 is 39.3. The summed E-state index contributed by atoms with van der Waals surface area (Å²) in [6.07, 6.45) is -0.933. The van der Waals surface area contributed by atoms with Crippen molar-refractivity contribution in [3.63, 3.8) is 0 Å². The summed E-state index contributed by atoms with van der Waals surface area (Å²) >= 11 is 5.44. The van der Waals surface area contributed by atoms with Crippen LogP contribution >= 0.6 is 12.2 Å². The van der Waals surface area contributed by atoms with Crippen LogP contribution in [0.25, 0.3) is 0 Å². The van der Waals surface area contributed by atoms with Crippen LogP contribution in [0.4, 0.5) is 18.9 Å². The van der Waals surface area contributed by atoms with Crippen molar-refractivity contribution < 1.29 is 13.2 Å². The van der Waals surface area contributed by atoms with Gasteiger partial charge in [0, 0.05) is 5.69 Å². The first kappa shape index (κ1) is 18.7. The maximum absolute atomic E-state index is 13.1. The number of anilines is 1. The Labute approximate surface area is 156 Å². The molecule has 2 aromatic rings. The first-order valence-electron chi connectivity index (χ1n) is 8.62. The highest BCUT2D eigenvalue weighted by molar-refractivity contribution is 7.80. The molecule has 1 fully saturated rings. The van der Waals surface area contributed by atoms with Crippen LogP contribution in [0.1, 0.15) is 42.4 Å². The summed E-state index contributed by atoms with van der Waals surface area (Å²) in [5.41, 5.74) is 1.45. The van der Waals surface area contributed by atoms with Gasteiger partial charge in [0.2, 0.25) is 0 Å². The lowest BCUT2D eigenvalue weighted by molar-refractivity contribution is -0.137. The van der Waals surface area contributed by atoms with Crippen molar-refractivity contribution >= 4 is 23.0 Å². The molecule has 2 N–H and O–H groups in total. The van der Waals surface area contributed by atoms with Crippen molar-refractivity contribution in [2.24, 2.45) is 0 Å². The number of hydrogen-bond donors (Lipinski definition) is 2. The normalized spacial score (nSPS) is 16.3. The molecule has 0 heterocycles. The number of hydrogen-bond acceptors (Lipinski definition) is 1. The Bertz CT molecular complexity index is 778. The van der Waals surface area contributed by atoms with Gasteiger partial charge in [0.1, 0.15) is 0 Å². The lowest BCUT2D eigenvalue weighted by Crippen LogP contribution is -2.45. The number of rotatable bonds is 3. The zero-order chi connectivity index (χ0) is 18.8. The van der Waals surface area contributed by atoms with E-state index >= 15 is 0 Å². The lowest BCUT2D eigenvalue weighted by atomic mass is 9.87. The minimum Gasteiger partial charge on any atom is -0.353 e. The third-order valence-corrected chi connectivity index (χ3v) is 5.07. The minimum atomic E-state index is -4.35. The Morgan fingerprint density at radius 2 is 1.69 bits per heavy atom. The van der Waals surface area contributed by atoms with Crippen molar-refractivity contribution in [2.75, 3.05) is 5.32 Å². The van der Waals surface area contributed by atoms with Crippen LogP contribution in [0.2, 0.25) is 0 Å². The third-order valence-electron chi connectivity index (χ3n) is 4.86. The highest BCUT2D eigenvalue weighted by Gasteiger charge is 2.38. The minimum absolute atomic E-state index is 0.424. The fourth-order valence-corrected chi connectivity index (χ4v) is 3.79. The van der Waals surface area contributed by atoms with E-state index < -0.39 is 17.3 Å². The van der Waals surface area contributed by atoms with Crippen LogP contribution in [0.15, 0.2) is 48.5 Å². The number of benzene rings is 2. The Hall–Kier alpha value is -2.08. The molecule has 1 aliphatic carbocycles. The predicted octanol–water partition coefficient (Wildman–Crippen LogP) is 5.77. The summed E-state index contributed by atoms with van der Waals surface area (Å²) in [5, 5.41) is 6.86. The van der Waals surface area contributed by atoms with Gasteiger partial charge in [-0.2, -0.15) is 13.2 Å². The Kier molecular flexibility index (Phi) is 5.23. The van der Waals surface area contributed by atoms with Gasteiger partial charge in [-0.3, -0.25) is 0 Å². The van der Waals surface area contributed by atoms with E-state index in [1.54, 1.807) is 6.07 Å². The predicted molar refractivity (Wildman–Crippen MR) is 102 cm³/mol. The molecule has 0 aliphatic heterocycles. The van der Waals surface area contributed by atoms with Crippen molar-refractivity contribution in [3.05, 3.63) is 65.2 Å². The molecule has 0 spiro atoms.